The lowest BCUT2D eigenvalue weighted by Crippen LogP contribution is -2.30. The standard InChI is InChI=1S/C18H21N5O2S.C17H14N4OS.C16H16N4OS.C15H15N5OS.CH4/c1-3-25-8-4-7-20-17(24)23-18-22-15-6-5-14(21-16(15)26-18)13-9-12(2)10-19-11-13;1-3-6-19-16(22)21-17-20-14-5-4-12(8-15(14)23-17)13-7-11(2)9-18-10-13;1-3-18-15(21)20-16-19-13-5-4-11(7-14(13)22-16)12-6-10(2)8-17-9-12;1-3-17-14(21)20-15-19-12-5-4-11(18-13(12)22-15)10-6-9(2)7-16-8-10;/h5-6,9-11H,3-4,7-8H2,1-2H3,(H2,20,22,23,24);1,4-5,7-10H,6H2,2H3,(H2,19,20,21,22);4-9H,3H2,1-2H3,(H2,18,19,20,21);4-8H,3H2,1-2H3,(H2,17,19,20,21);1H4. The van der Waals surface area contributed by atoms with Crippen molar-refractivity contribution in [2.45, 2.75) is 62.3 Å². The summed E-state index contributed by atoms with van der Waals surface area (Å²) in [4.78, 5) is 91.8. The number of thiazole rings is 4. The van der Waals surface area contributed by atoms with E-state index >= 15 is 0 Å². The van der Waals surface area contributed by atoms with E-state index in [0.717, 1.165) is 115 Å². The van der Waals surface area contributed by atoms with Crippen LogP contribution in [0.1, 0.15) is 56.9 Å². The Kier molecular flexibility index (Phi) is 25.3. The van der Waals surface area contributed by atoms with Gasteiger partial charge in [-0.2, -0.15) is 0 Å². The lowest BCUT2D eigenvalue weighted by Gasteiger charge is -2.05. The van der Waals surface area contributed by atoms with Crippen LogP contribution in [0.15, 0.2) is 135 Å². The van der Waals surface area contributed by atoms with Gasteiger partial charge in [0.15, 0.2) is 20.5 Å². The van der Waals surface area contributed by atoms with Crippen LogP contribution >= 0.6 is 45.3 Å². The predicted molar refractivity (Wildman–Crippen MR) is 382 cm³/mol. The number of rotatable bonds is 16. The third-order valence-corrected chi connectivity index (χ3v) is 16.5. The summed E-state index contributed by atoms with van der Waals surface area (Å²) in [7, 11) is 0. The van der Waals surface area contributed by atoms with Crippen molar-refractivity contribution in [3.8, 4) is 57.1 Å². The van der Waals surface area contributed by atoms with E-state index in [1.807, 2.05) is 152 Å². The molecule has 27 heteroatoms. The molecule has 12 aromatic rings. The van der Waals surface area contributed by atoms with Gasteiger partial charge in [-0.3, -0.25) is 41.2 Å². The molecule has 2 aromatic carbocycles. The summed E-state index contributed by atoms with van der Waals surface area (Å²) in [6, 6.07) is 26.8. The summed E-state index contributed by atoms with van der Waals surface area (Å²) in [6.45, 7) is 16.9. The molecule has 23 nitrogen and oxygen atoms in total. The minimum atomic E-state index is -0.356. The maximum absolute atomic E-state index is 11.9. The molecule has 0 atom stereocenters. The normalized spacial score (nSPS) is 10.5. The molecule has 94 heavy (non-hydrogen) atoms. The number of hydrogen-bond donors (Lipinski definition) is 8. The first-order valence-corrected chi connectivity index (χ1v) is 32.6. The van der Waals surface area contributed by atoms with Crippen LogP contribution in [0.25, 0.3) is 85.9 Å². The zero-order chi connectivity index (χ0) is 65.6. The molecule has 482 valence electrons. The Morgan fingerprint density at radius 1 is 0.436 bits per heavy atom. The second-order valence-corrected chi connectivity index (χ2v) is 24.4. The molecule has 12 rings (SSSR count). The number of nitrogens with one attached hydrogen (secondary N) is 8. The van der Waals surface area contributed by atoms with Gasteiger partial charge >= 0.3 is 24.1 Å². The fraction of sp³-hybridized carbons (Fsp3) is 0.224. The summed E-state index contributed by atoms with van der Waals surface area (Å²) < 4.78 is 7.26. The number of urea groups is 4. The number of hydrogen-bond acceptors (Lipinski definition) is 19. The monoisotopic (exact) mass is 1330 g/mol. The topological polar surface area (TPSA) is 303 Å². The smallest absolute Gasteiger partial charge is 0.321 e. The van der Waals surface area contributed by atoms with Crippen LogP contribution in [0.5, 0.6) is 0 Å². The summed E-state index contributed by atoms with van der Waals surface area (Å²) in [5, 5.41) is 23.8. The highest BCUT2D eigenvalue weighted by Crippen LogP contribution is 2.34. The zero-order valence-electron chi connectivity index (χ0n) is 51.9. The Bertz CT molecular complexity index is 4480. The van der Waals surface area contributed by atoms with Crippen molar-refractivity contribution < 1.29 is 23.9 Å². The maximum atomic E-state index is 11.9. The number of aromatic nitrogens is 10. The van der Waals surface area contributed by atoms with Crippen LogP contribution in [0.4, 0.5) is 39.7 Å². The Hall–Kier alpha value is -10.5. The molecular formula is C67H70N18O5S4. The third kappa shape index (κ3) is 20.0. The van der Waals surface area contributed by atoms with E-state index < -0.39 is 0 Å². The van der Waals surface area contributed by atoms with Crippen molar-refractivity contribution in [2.24, 2.45) is 0 Å². The van der Waals surface area contributed by atoms with Crippen LogP contribution in [0.3, 0.4) is 0 Å². The van der Waals surface area contributed by atoms with Gasteiger partial charge in [0.2, 0.25) is 0 Å². The Labute approximate surface area is 559 Å². The minimum absolute atomic E-state index is 0. The predicted octanol–water partition coefficient (Wildman–Crippen LogP) is 14.7. The van der Waals surface area contributed by atoms with Crippen LogP contribution in [-0.2, 0) is 4.74 Å². The summed E-state index contributed by atoms with van der Waals surface area (Å²) in [6.07, 6.45) is 20.4. The number of pyridine rings is 6. The molecule has 0 bridgehead atoms. The minimum Gasteiger partial charge on any atom is -0.382 e. The molecule has 10 aromatic heterocycles. The van der Waals surface area contributed by atoms with Crippen molar-refractivity contribution in [2.75, 3.05) is 60.7 Å². The summed E-state index contributed by atoms with van der Waals surface area (Å²) in [5.41, 5.74) is 15.5. The quantitative estimate of drug-likeness (QED) is 0.0329. The molecule has 0 aliphatic carbocycles. The number of benzene rings is 2. The van der Waals surface area contributed by atoms with Gasteiger partial charge in [0.05, 0.1) is 38.4 Å². The number of anilines is 4. The Morgan fingerprint density at radius 3 is 1.21 bits per heavy atom. The third-order valence-electron chi connectivity index (χ3n) is 12.9. The van der Waals surface area contributed by atoms with Crippen molar-refractivity contribution in [1.82, 2.24) is 71.1 Å². The first-order chi connectivity index (χ1) is 45.1. The fourth-order valence-electron chi connectivity index (χ4n) is 8.73. The average Bonchev–Trinajstić information content (AvgIpc) is 1.74. The molecule has 8 N–H and O–H groups in total. The van der Waals surface area contributed by atoms with Crippen LogP contribution in [-0.4, -0.2) is 113 Å². The van der Waals surface area contributed by atoms with E-state index in [1.165, 1.54) is 45.3 Å². The van der Waals surface area contributed by atoms with E-state index in [0.29, 0.717) is 53.4 Å². The summed E-state index contributed by atoms with van der Waals surface area (Å²) in [5.74, 6) is 2.35. The van der Waals surface area contributed by atoms with Crippen molar-refractivity contribution >= 4 is 131 Å². The molecule has 0 saturated carbocycles. The van der Waals surface area contributed by atoms with Gasteiger partial charge in [-0.15, -0.1) is 6.42 Å². The van der Waals surface area contributed by atoms with Gasteiger partial charge in [-0.1, -0.05) is 70.8 Å². The number of carbonyl (C=O) groups is 4. The number of fused-ring (bicyclic) bond motifs is 4. The zero-order valence-corrected chi connectivity index (χ0v) is 55.1. The SMILES string of the molecule is C.C#CCNC(=O)Nc1nc2ccc(-c3cncc(C)c3)cc2s1.CCNC(=O)Nc1nc2ccc(-c3cncc(C)c3)cc2s1.CCNC(=O)Nc1nc2ccc(-c3cncc(C)c3)nc2s1.CCOCCCNC(=O)Nc1nc2ccc(-c3cncc(C)c3)nc2s1. The van der Waals surface area contributed by atoms with Gasteiger partial charge in [-0.25, -0.2) is 49.1 Å². The number of amides is 8. The van der Waals surface area contributed by atoms with Gasteiger partial charge in [0, 0.05) is 105 Å². The van der Waals surface area contributed by atoms with Gasteiger partial charge < -0.3 is 26.0 Å². The molecule has 8 amide bonds. The highest BCUT2D eigenvalue weighted by atomic mass is 32.1. The van der Waals surface area contributed by atoms with E-state index in [-0.39, 0.29) is 38.1 Å². The van der Waals surface area contributed by atoms with E-state index in [1.54, 1.807) is 12.4 Å². The lowest BCUT2D eigenvalue weighted by molar-refractivity contribution is 0.145. The molecule has 0 fully saturated rings. The molecule has 0 aliphatic heterocycles. The van der Waals surface area contributed by atoms with Crippen molar-refractivity contribution in [3.63, 3.8) is 0 Å². The maximum Gasteiger partial charge on any atom is 0.321 e. The van der Waals surface area contributed by atoms with Crippen molar-refractivity contribution in [1.29, 1.82) is 0 Å². The largest absolute Gasteiger partial charge is 0.382 e. The fourth-order valence-corrected chi connectivity index (χ4v) is 12.2. The first kappa shape index (κ1) is 69.4. The molecule has 0 aliphatic rings. The number of ether oxygens (including phenoxy) is 1. The first-order valence-electron chi connectivity index (χ1n) is 29.4. The summed E-state index contributed by atoms with van der Waals surface area (Å²) >= 11 is 5.57. The number of carbonyl (C=O) groups excluding carboxylic acids is 4. The molecule has 0 unspecified atom stereocenters. The van der Waals surface area contributed by atoms with Crippen LogP contribution < -0.4 is 42.5 Å². The highest BCUT2D eigenvalue weighted by molar-refractivity contribution is 7.23. The van der Waals surface area contributed by atoms with E-state index in [9.17, 15) is 19.2 Å². The molecule has 0 spiro atoms. The molecule has 10 heterocycles. The second-order valence-electron chi connectivity index (χ2n) is 20.4. The van der Waals surface area contributed by atoms with Crippen LogP contribution in [0.2, 0.25) is 0 Å². The molecular weight excluding hydrogens is 1270 g/mol. The van der Waals surface area contributed by atoms with Gasteiger partial charge in [-0.05, 0) is 161 Å². The second kappa shape index (κ2) is 34.2. The Balaban J connectivity index is 0.000000161. The lowest BCUT2D eigenvalue weighted by atomic mass is 10.1. The van der Waals surface area contributed by atoms with Gasteiger partial charge in [0.1, 0.15) is 20.7 Å². The molecule has 0 saturated heterocycles. The average molecular weight is 1340 g/mol. The van der Waals surface area contributed by atoms with Gasteiger partial charge in [0.25, 0.3) is 0 Å². The number of terminal acetylenes is 1. The van der Waals surface area contributed by atoms with Crippen molar-refractivity contribution in [3.05, 3.63) is 157 Å². The van der Waals surface area contributed by atoms with E-state index in [4.69, 9.17) is 11.2 Å². The molecule has 0 radical (unpaired) electrons. The Morgan fingerprint density at radius 2 is 0.809 bits per heavy atom. The number of nitrogens with zero attached hydrogens (tertiary/aromatic N) is 10. The highest BCUT2D eigenvalue weighted by Gasteiger charge is 2.15. The number of aryl methyl sites for hydroxylation is 4. The van der Waals surface area contributed by atoms with E-state index in [2.05, 4.69) is 116 Å². The van der Waals surface area contributed by atoms with Crippen LogP contribution in [0, 0.1) is 40.0 Å².